The zero-order valence-electron chi connectivity index (χ0n) is 12.9. The third-order valence-corrected chi connectivity index (χ3v) is 4.11. The van der Waals surface area contributed by atoms with Crippen molar-refractivity contribution in [3.05, 3.63) is 11.3 Å². The first-order valence-corrected chi connectivity index (χ1v) is 7.25. The van der Waals surface area contributed by atoms with Crippen LogP contribution in [0, 0.1) is 6.92 Å². The molecule has 0 radical (unpaired) electrons. The molecular formula is C14H26N4O2. The van der Waals surface area contributed by atoms with Crippen LogP contribution in [0.2, 0.25) is 0 Å². The molecule has 1 aromatic rings. The maximum atomic E-state index is 6.08. The predicted molar refractivity (Wildman–Crippen MR) is 77.9 cm³/mol. The third-order valence-electron chi connectivity index (χ3n) is 4.11. The number of ether oxygens (including phenoxy) is 2. The van der Waals surface area contributed by atoms with E-state index in [0.29, 0.717) is 12.6 Å². The molecule has 6 heteroatoms. The standard InChI is InChI=1S/C14H26N4O2/c1-5-11-9-20-7-6-18(11)12(8-15)13-10(2)16-17(3)14(13)19-4/h11-12H,5-9,15H2,1-4H3. The second kappa shape index (κ2) is 6.56. The van der Waals surface area contributed by atoms with Gasteiger partial charge in [0.2, 0.25) is 5.88 Å². The van der Waals surface area contributed by atoms with E-state index in [1.165, 1.54) is 0 Å². The molecule has 1 saturated heterocycles. The lowest BCUT2D eigenvalue weighted by Gasteiger charge is -2.40. The van der Waals surface area contributed by atoms with Crippen molar-refractivity contribution in [1.82, 2.24) is 14.7 Å². The van der Waals surface area contributed by atoms with E-state index in [1.54, 1.807) is 11.8 Å². The largest absolute Gasteiger partial charge is 0.481 e. The van der Waals surface area contributed by atoms with Gasteiger partial charge in [0.05, 0.1) is 37.6 Å². The molecule has 0 aliphatic carbocycles. The molecule has 0 aromatic carbocycles. The normalized spacial score (nSPS) is 21.9. The average Bonchev–Trinajstić information content (AvgIpc) is 2.74. The van der Waals surface area contributed by atoms with Gasteiger partial charge in [0.15, 0.2) is 0 Å². The molecule has 0 amide bonds. The van der Waals surface area contributed by atoms with Crippen LogP contribution in [0.5, 0.6) is 5.88 Å². The lowest BCUT2D eigenvalue weighted by atomic mass is 10.0. The van der Waals surface area contributed by atoms with Crippen molar-refractivity contribution in [2.45, 2.75) is 32.4 Å². The molecular weight excluding hydrogens is 256 g/mol. The molecule has 1 aliphatic rings. The van der Waals surface area contributed by atoms with Gasteiger partial charge in [-0.3, -0.25) is 4.90 Å². The van der Waals surface area contributed by atoms with E-state index < -0.39 is 0 Å². The molecule has 2 unspecified atom stereocenters. The summed E-state index contributed by atoms with van der Waals surface area (Å²) in [6.45, 7) is 7.19. The minimum absolute atomic E-state index is 0.132. The fourth-order valence-electron chi connectivity index (χ4n) is 3.13. The summed E-state index contributed by atoms with van der Waals surface area (Å²) in [5.41, 5.74) is 8.18. The Morgan fingerprint density at radius 1 is 1.55 bits per heavy atom. The SMILES string of the molecule is CCC1COCCN1C(CN)c1c(C)nn(C)c1OC. The van der Waals surface area contributed by atoms with E-state index in [9.17, 15) is 0 Å². The van der Waals surface area contributed by atoms with Crippen molar-refractivity contribution in [3.63, 3.8) is 0 Å². The van der Waals surface area contributed by atoms with Crippen LogP contribution >= 0.6 is 0 Å². The van der Waals surface area contributed by atoms with E-state index in [2.05, 4.69) is 16.9 Å². The molecule has 1 aliphatic heterocycles. The Hall–Kier alpha value is -1.11. The molecule has 2 atom stereocenters. The van der Waals surface area contributed by atoms with Gasteiger partial charge in [-0.1, -0.05) is 6.92 Å². The summed E-state index contributed by atoms with van der Waals surface area (Å²) in [5, 5.41) is 4.47. The van der Waals surface area contributed by atoms with Crippen LogP contribution in [0.4, 0.5) is 0 Å². The number of hydrogen-bond acceptors (Lipinski definition) is 5. The van der Waals surface area contributed by atoms with E-state index in [1.807, 2.05) is 14.0 Å². The minimum Gasteiger partial charge on any atom is -0.481 e. The van der Waals surface area contributed by atoms with Gasteiger partial charge >= 0.3 is 0 Å². The number of rotatable bonds is 5. The van der Waals surface area contributed by atoms with Gasteiger partial charge < -0.3 is 15.2 Å². The summed E-state index contributed by atoms with van der Waals surface area (Å²) < 4.78 is 12.9. The molecule has 2 N–H and O–H groups in total. The minimum atomic E-state index is 0.132. The van der Waals surface area contributed by atoms with Crippen molar-refractivity contribution in [3.8, 4) is 5.88 Å². The first kappa shape index (κ1) is 15.3. The predicted octanol–water partition coefficient (Wildman–Crippen LogP) is 0.848. The summed E-state index contributed by atoms with van der Waals surface area (Å²) in [6, 6.07) is 0.536. The van der Waals surface area contributed by atoms with Crippen LogP contribution in [0.25, 0.3) is 0 Å². The Bertz CT molecular complexity index is 447. The lowest BCUT2D eigenvalue weighted by Crippen LogP contribution is -2.48. The van der Waals surface area contributed by atoms with E-state index >= 15 is 0 Å². The molecule has 0 bridgehead atoms. The topological polar surface area (TPSA) is 65.5 Å². The van der Waals surface area contributed by atoms with Crippen molar-refractivity contribution in [1.29, 1.82) is 0 Å². The zero-order valence-corrected chi connectivity index (χ0v) is 12.9. The molecule has 0 saturated carbocycles. The Balaban J connectivity index is 2.36. The molecule has 114 valence electrons. The van der Waals surface area contributed by atoms with Gasteiger partial charge in [0.25, 0.3) is 0 Å². The highest BCUT2D eigenvalue weighted by molar-refractivity contribution is 5.34. The Morgan fingerprint density at radius 2 is 2.30 bits per heavy atom. The van der Waals surface area contributed by atoms with Crippen molar-refractivity contribution < 1.29 is 9.47 Å². The lowest BCUT2D eigenvalue weighted by molar-refractivity contribution is -0.0296. The highest BCUT2D eigenvalue weighted by Gasteiger charge is 2.33. The smallest absolute Gasteiger partial charge is 0.216 e. The molecule has 2 rings (SSSR count). The number of nitrogens with two attached hydrogens (primary N) is 1. The van der Waals surface area contributed by atoms with Crippen LogP contribution in [0.1, 0.15) is 30.6 Å². The number of aryl methyl sites for hydroxylation is 2. The van der Waals surface area contributed by atoms with E-state index in [4.69, 9.17) is 15.2 Å². The Morgan fingerprint density at radius 3 is 2.90 bits per heavy atom. The fraction of sp³-hybridized carbons (Fsp3) is 0.786. The summed E-state index contributed by atoms with van der Waals surface area (Å²) >= 11 is 0. The number of hydrogen-bond donors (Lipinski definition) is 1. The fourth-order valence-corrected chi connectivity index (χ4v) is 3.13. The zero-order chi connectivity index (χ0) is 14.7. The van der Waals surface area contributed by atoms with Gasteiger partial charge in [-0.25, -0.2) is 4.68 Å². The number of nitrogens with zero attached hydrogens (tertiary/aromatic N) is 3. The van der Waals surface area contributed by atoms with Gasteiger partial charge in [0.1, 0.15) is 0 Å². The maximum Gasteiger partial charge on any atom is 0.216 e. The van der Waals surface area contributed by atoms with Gasteiger partial charge in [-0.15, -0.1) is 0 Å². The van der Waals surface area contributed by atoms with Gasteiger partial charge in [-0.05, 0) is 13.3 Å². The summed E-state index contributed by atoms with van der Waals surface area (Å²) in [6.07, 6.45) is 1.05. The highest BCUT2D eigenvalue weighted by Crippen LogP contribution is 2.33. The van der Waals surface area contributed by atoms with Crippen LogP contribution in [0.3, 0.4) is 0 Å². The summed E-state index contributed by atoms with van der Waals surface area (Å²) in [7, 11) is 3.59. The van der Waals surface area contributed by atoms with Crippen LogP contribution < -0.4 is 10.5 Å². The third kappa shape index (κ3) is 2.68. The van der Waals surface area contributed by atoms with Crippen molar-refractivity contribution in [2.24, 2.45) is 12.8 Å². The number of aromatic nitrogens is 2. The molecule has 2 heterocycles. The molecule has 1 aromatic heterocycles. The number of methoxy groups -OCH3 is 1. The average molecular weight is 282 g/mol. The summed E-state index contributed by atoms with van der Waals surface area (Å²) in [4.78, 5) is 2.44. The second-order valence-electron chi connectivity index (χ2n) is 5.26. The molecule has 1 fully saturated rings. The van der Waals surface area contributed by atoms with Crippen molar-refractivity contribution >= 4 is 0 Å². The van der Waals surface area contributed by atoms with Crippen molar-refractivity contribution in [2.75, 3.05) is 33.4 Å². The Kier molecular flexibility index (Phi) is 5.01. The summed E-state index contributed by atoms with van der Waals surface area (Å²) in [5.74, 6) is 0.805. The van der Waals surface area contributed by atoms with E-state index in [-0.39, 0.29) is 6.04 Å². The van der Waals surface area contributed by atoms with Crippen LogP contribution in [-0.2, 0) is 11.8 Å². The Labute approximate surface area is 120 Å². The molecule has 20 heavy (non-hydrogen) atoms. The van der Waals surface area contributed by atoms with Crippen LogP contribution in [-0.4, -0.2) is 54.1 Å². The molecule has 6 nitrogen and oxygen atoms in total. The van der Waals surface area contributed by atoms with E-state index in [0.717, 1.165) is 43.3 Å². The first-order chi connectivity index (χ1) is 9.63. The monoisotopic (exact) mass is 282 g/mol. The van der Waals surface area contributed by atoms with Gasteiger partial charge in [-0.2, -0.15) is 5.10 Å². The van der Waals surface area contributed by atoms with Gasteiger partial charge in [0, 0.05) is 26.2 Å². The molecule has 0 spiro atoms. The maximum absolute atomic E-state index is 6.08. The first-order valence-electron chi connectivity index (χ1n) is 7.25. The number of morpholine rings is 1. The van der Waals surface area contributed by atoms with Crippen LogP contribution in [0.15, 0.2) is 0 Å². The highest BCUT2D eigenvalue weighted by atomic mass is 16.5. The quantitative estimate of drug-likeness (QED) is 0.867. The second-order valence-corrected chi connectivity index (χ2v) is 5.26.